The van der Waals surface area contributed by atoms with Gasteiger partial charge in [0, 0.05) is 49.4 Å². The van der Waals surface area contributed by atoms with Crippen molar-refractivity contribution in [2.24, 2.45) is 5.92 Å². The van der Waals surface area contributed by atoms with Gasteiger partial charge >= 0.3 is 6.03 Å². The Kier molecular flexibility index (Phi) is 6.36. The van der Waals surface area contributed by atoms with Gasteiger partial charge in [-0.05, 0) is 62.9 Å². The summed E-state index contributed by atoms with van der Waals surface area (Å²) in [5.74, 6) is 0.261. The number of ketones is 1. The van der Waals surface area contributed by atoms with Crippen molar-refractivity contribution in [3.63, 3.8) is 0 Å². The highest BCUT2D eigenvalue weighted by Crippen LogP contribution is 2.33. The number of rotatable bonds is 5. The van der Waals surface area contributed by atoms with E-state index >= 15 is 0 Å². The molecule has 3 amide bonds. The third-order valence-corrected chi connectivity index (χ3v) is 7.33. The van der Waals surface area contributed by atoms with E-state index in [9.17, 15) is 14.4 Å². The summed E-state index contributed by atoms with van der Waals surface area (Å²) in [6.45, 7) is 6.36. The molecule has 0 spiro atoms. The van der Waals surface area contributed by atoms with Gasteiger partial charge in [0.15, 0.2) is 11.9 Å². The Labute approximate surface area is 205 Å². The van der Waals surface area contributed by atoms with Crippen LogP contribution in [0.3, 0.4) is 0 Å². The number of carbonyl (C=O) groups excluding carboxylic acids is 3. The van der Waals surface area contributed by atoms with Crippen LogP contribution in [0.25, 0.3) is 0 Å². The number of ether oxygens (including phenoxy) is 1. The highest BCUT2D eigenvalue weighted by molar-refractivity contribution is 6.02. The van der Waals surface area contributed by atoms with Crippen molar-refractivity contribution < 1.29 is 19.1 Å². The maximum Gasteiger partial charge on any atom is 0.317 e. The summed E-state index contributed by atoms with van der Waals surface area (Å²) in [6.07, 6.45) is 1.74. The standard InChI is InChI=1S/C27H32N4O4/c1-17-15-20-5-3-4-6-23(20)31(17)14-11-28-27(34)30-12-9-19(10-13-30)25(32)21-7-8-24-22(16-21)29-26(33)18(2)35-24/h3-8,16-19H,9-15H2,1-2H3,(H,28,34)(H,29,33). The van der Waals surface area contributed by atoms with Gasteiger partial charge < -0.3 is 25.2 Å². The Balaban J connectivity index is 1.10. The van der Waals surface area contributed by atoms with Crippen LogP contribution in [-0.2, 0) is 11.2 Å². The van der Waals surface area contributed by atoms with Crippen LogP contribution in [0.2, 0.25) is 0 Å². The highest BCUT2D eigenvalue weighted by atomic mass is 16.5. The van der Waals surface area contributed by atoms with Crippen LogP contribution in [0.15, 0.2) is 42.5 Å². The molecule has 3 aliphatic rings. The Bertz CT molecular complexity index is 1140. The van der Waals surface area contributed by atoms with Crippen LogP contribution in [0, 0.1) is 5.92 Å². The van der Waals surface area contributed by atoms with Gasteiger partial charge in [0.2, 0.25) is 0 Å². The Morgan fingerprint density at radius 2 is 1.89 bits per heavy atom. The molecule has 0 bridgehead atoms. The van der Waals surface area contributed by atoms with Crippen molar-refractivity contribution in [3.05, 3.63) is 53.6 Å². The molecule has 0 radical (unpaired) electrons. The molecule has 2 unspecified atom stereocenters. The lowest BCUT2D eigenvalue weighted by atomic mass is 9.88. The fourth-order valence-electron chi connectivity index (χ4n) is 5.31. The first kappa shape index (κ1) is 23.2. The molecule has 3 aliphatic heterocycles. The Morgan fingerprint density at radius 3 is 2.69 bits per heavy atom. The number of hydrogen-bond donors (Lipinski definition) is 2. The number of para-hydroxylation sites is 1. The molecular formula is C27H32N4O4. The average molecular weight is 477 g/mol. The summed E-state index contributed by atoms with van der Waals surface area (Å²) in [5, 5.41) is 5.85. The summed E-state index contributed by atoms with van der Waals surface area (Å²) < 4.78 is 5.58. The summed E-state index contributed by atoms with van der Waals surface area (Å²) in [4.78, 5) is 41.8. The van der Waals surface area contributed by atoms with Crippen molar-refractivity contribution >= 4 is 29.1 Å². The lowest BCUT2D eigenvalue weighted by Crippen LogP contribution is -2.47. The van der Waals surface area contributed by atoms with Crippen LogP contribution >= 0.6 is 0 Å². The first-order chi connectivity index (χ1) is 16.9. The molecule has 0 saturated carbocycles. The van der Waals surface area contributed by atoms with Gasteiger partial charge in [0.05, 0.1) is 5.69 Å². The lowest BCUT2D eigenvalue weighted by Gasteiger charge is -2.32. The summed E-state index contributed by atoms with van der Waals surface area (Å²) in [7, 11) is 0. The molecule has 8 nitrogen and oxygen atoms in total. The summed E-state index contributed by atoms with van der Waals surface area (Å²) in [5.41, 5.74) is 3.72. The molecule has 1 fully saturated rings. The molecule has 8 heteroatoms. The largest absolute Gasteiger partial charge is 0.479 e. The molecule has 0 aromatic heterocycles. The molecule has 5 rings (SSSR count). The Hall–Kier alpha value is -3.55. The normalized spacial score (nSPS) is 21.6. The summed E-state index contributed by atoms with van der Waals surface area (Å²) in [6, 6.07) is 14.0. The van der Waals surface area contributed by atoms with Gasteiger partial charge in [-0.15, -0.1) is 0 Å². The van der Waals surface area contributed by atoms with E-state index in [1.165, 1.54) is 11.3 Å². The molecule has 2 N–H and O–H groups in total. The number of nitrogens with one attached hydrogen (secondary N) is 2. The first-order valence-corrected chi connectivity index (χ1v) is 12.4. The molecule has 2 aromatic rings. The van der Waals surface area contributed by atoms with E-state index in [0.29, 0.717) is 55.5 Å². The lowest BCUT2D eigenvalue weighted by molar-refractivity contribution is -0.122. The van der Waals surface area contributed by atoms with Gasteiger partial charge in [0.1, 0.15) is 5.75 Å². The minimum Gasteiger partial charge on any atom is -0.479 e. The number of benzene rings is 2. The van der Waals surface area contributed by atoms with Crippen molar-refractivity contribution in [1.29, 1.82) is 0 Å². The topological polar surface area (TPSA) is 91.0 Å². The molecule has 35 heavy (non-hydrogen) atoms. The second-order valence-corrected chi connectivity index (χ2v) is 9.69. The number of likely N-dealkylation sites (tertiary alicyclic amines) is 1. The fraction of sp³-hybridized carbons (Fsp3) is 0.444. The number of hydrogen-bond acceptors (Lipinski definition) is 5. The fourth-order valence-corrected chi connectivity index (χ4v) is 5.31. The summed E-state index contributed by atoms with van der Waals surface area (Å²) >= 11 is 0. The van der Waals surface area contributed by atoms with Crippen molar-refractivity contribution in [1.82, 2.24) is 10.2 Å². The molecule has 2 atom stereocenters. The molecule has 2 aromatic carbocycles. The van der Waals surface area contributed by atoms with Crippen LogP contribution < -0.4 is 20.3 Å². The van der Waals surface area contributed by atoms with E-state index in [0.717, 1.165) is 13.0 Å². The second kappa shape index (κ2) is 9.60. The molecule has 184 valence electrons. The molecule has 0 aliphatic carbocycles. The van der Waals surface area contributed by atoms with E-state index in [1.807, 2.05) is 0 Å². The number of piperidine rings is 1. The van der Waals surface area contributed by atoms with E-state index < -0.39 is 6.10 Å². The zero-order valence-corrected chi connectivity index (χ0v) is 20.3. The van der Waals surface area contributed by atoms with E-state index in [1.54, 1.807) is 30.0 Å². The van der Waals surface area contributed by atoms with Gasteiger partial charge in [-0.1, -0.05) is 18.2 Å². The first-order valence-electron chi connectivity index (χ1n) is 12.4. The van der Waals surface area contributed by atoms with Gasteiger partial charge in [-0.25, -0.2) is 4.79 Å². The maximum atomic E-state index is 13.1. The van der Waals surface area contributed by atoms with Gasteiger partial charge in [-0.2, -0.15) is 0 Å². The van der Waals surface area contributed by atoms with E-state index in [2.05, 4.69) is 46.7 Å². The number of fused-ring (bicyclic) bond motifs is 2. The predicted octanol–water partition coefficient (Wildman–Crippen LogP) is 3.46. The second-order valence-electron chi connectivity index (χ2n) is 9.69. The number of anilines is 2. The number of urea groups is 1. The molecule has 3 heterocycles. The van der Waals surface area contributed by atoms with Crippen molar-refractivity contribution in [2.45, 2.75) is 45.3 Å². The monoisotopic (exact) mass is 476 g/mol. The van der Waals surface area contributed by atoms with Crippen LogP contribution in [0.4, 0.5) is 16.2 Å². The van der Waals surface area contributed by atoms with Gasteiger partial charge in [0.25, 0.3) is 5.91 Å². The zero-order valence-electron chi connectivity index (χ0n) is 20.3. The SMILES string of the molecule is CC1Oc2ccc(C(=O)C3CCN(C(=O)NCCN4c5ccccc5CC4C)CC3)cc2NC1=O. The van der Waals surface area contributed by atoms with Crippen LogP contribution in [0.5, 0.6) is 5.75 Å². The number of Topliss-reactive ketones (excluding diaryl/α,β-unsaturated/α-hetero) is 1. The van der Waals surface area contributed by atoms with Crippen molar-refractivity contribution in [3.8, 4) is 5.75 Å². The third kappa shape index (κ3) is 4.70. The van der Waals surface area contributed by atoms with Crippen molar-refractivity contribution in [2.75, 3.05) is 36.4 Å². The maximum absolute atomic E-state index is 13.1. The Morgan fingerprint density at radius 1 is 1.11 bits per heavy atom. The smallest absolute Gasteiger partial charge is 0.317 e. The number of amides is 3. The number of carbonyl (C=O) groups is 3. The quantitative estimate of drug-likeness (QED) is 0.645. The minimum absolute atomic E-state index is 0.0439. The van der Waals surface area contributed by atoms with Crippen LogP contribution in [-0.4, -0.2) is 60.9 Å². The van der Waals surface area contributed by atoms with E-state index in [4.69, 9.17) is 4.74 Å². The minimum atomic E-state index is -0.547. The average Bonchev–Trinajstić information content (AvgIpc) is 3.19. The molecular weight excluding hydrogens is 444 g/mol. The van der Waals surface area contributed by atoms with Gasteiger partial charge in [-0.3, -0.25) is 9.59 Å². The zero-order chi connectivity index (χ0) is 24.5. The van der Waals surface area contributed by atoms with E-state index in [-0.39, 0.29) is 23.6 Å². The number of nitrogens with zero attached hydrogens (tertiary/aromatic N) is 2. The highest BCUT2D eigenvalue weighted by Gasteiger charge is 2.30. The molecule has 1 saturated heterocycles. The third-order valence-electron chi connectivity index (χ3n) is 7.33. The predicted molar refractivity (Wildman–Crippen MR) is 134 cm³/mol. The van der Waals surface area contributed by atoms with Crippen LogP contribution in [0.1, 0.15) is 42.6 Å².